The first-order chi connectivity index (χ1) is 11.6. The van der Waals surface area contributed by atoms with Crippen molar-refractivity contribution in [2.75, 3.05) is 19.0 Å². The highest BCUT2D eigenvalue weighted by atomic mass is 32.2. The van der Waals surface area contributed by atoms with Crippen molar-refractivity contribution in [3.05, 3.63) is 18.2 Å². The van der Waals surface area contributed by atoms with E-state index in [0.29, 0.717) is 25.4 Å². The van der Waals surface area contributed by atoms with Crippen LogP contribution in [-0.2, 0) is 9.59 Å². The molecule has 1 atom stereocenters. The number of benzene rings is 1. The average molecular weight is 353 g/mol. The number of carbonyl (C=O) groups excluding carboxylic acids is 1. The molecule has 0 aromatic heterocycles. The molecule has 2 rings (SSSR count). The minimum absolute atomic E-state index is 0.233. The summed E-state index contributed by atoms with van der Waals surface area (Å²) in [5, 5.41) is 11.7. The fraction of sp³-hybridized carbons (Fsp3) is 0.529. The number of carbonyl (C=O) groups is 2. The number of aliphatic carboxylic acids is 1. The number of nitrogens with one attached hydrogen (secondary N) is 1. The molecule has 1 aliphatic heterocycles. The van der Waals surface area contributed by atoms with Crippen molar-refractivity contribution in [3.63, 3.8) is 0 Å². The highest BCUT2D eigenvalue weighted by Gasteiger charge is 2.19. The summed E-state index contributed by atoms with van der Waals surface area (Å²) in [6.45, 7) is 3.09. The molecule has 0 aliphatic carbocycles. The fourth-order valence-electron chi connectivity index (χ4n) is 2.31. The molecular formula is C17H23NO5S. The second kappa shape index (κ2) is 9.42. The first kappa shape index (κ1) is 18.4. The Morgan fingerprint density at radius 2 is 2.04 bits per heavy atom. The Kier molecular flexibility index (Phi) is 7.24. The van der Waals surface area contributed by atoms with Crippen molar-refractivity contribution < 1.29 is 24.2 Å². The predicted molar refractivity (Wildman–Crippen MR) is 91.9 cm³/mol. The quantitative estimate of drug-likeness (QED) is 0.664. The molecule has 0 fully saturated rings. The van der Waals surface area contributed by atoms with Crippen molar-refractivity contribution >= 4 is 23.6 Å². The van der Waals surface area contributed by atoms with E-state index in [-0.39, 0.29) is 12.3 Å². The van der Waals surface area contributed by atoms with Gasteiger partial charge in [0, 0.05) is 17.1 Å². The molecule has 1 heterocycles. The van der Waals surface area contributed by atoms with Gasteiger partial charge in [0.25, 0.3) is 0 Å². The summed E-state index contributed by atoms with van der Waals surface area (Å²) in [7, 11) is 0. The molecule has 1 aromatic rings. The summed E-state index contributed by atoms with van der Waals surface area (Å²) in [5.74, 6) is 0.829. The van der Waals surface area contributed by atoms with Gasteiger partial charge >= 0.3 is 5.97 Å². The molecule has 0 saturated heterocycles. The van der Waals surface area contributed by atoms with E-state index in [0.717, 1.165) is 29.2 Å². The van der Waals surface area contributed by atoms with Gasteiger partial charge in [-0.3, -0.25) is 4.79 Å². The van der Waals surface area contributed by atoms with Gasteiger partial charge in [0.05, 0.1) is 0 Å². The Bertz CT molecular complexity index is 578. The van der Waals surface area contributed by atoms with Gasteiger partial charge in [-0.2, -0.15) is 0 Å². The standard InChI is InChI=1S/C17H23NO5S/c1-2-3-4-13(17(20)21)18-16(19)7-10-24-12-5-6-14-15(11-12)23-9-8-22-14/h5-6,11,13H,2-4,7-10H2,1H3,(H,18,19)(H,20,21). The highest BCUT2D eigenvalue weighted by Crippen LogP contribution is 2.34. The molecule has 1 aromatic carbocycles. The third-order valence-corrected chi connectivity index (χ3v) is 4.59. The maximum absolute atomic E-state index is 11.9. The van der Waals surface area contributed by atoms with E-state index in [1.165, 1.54) is 11.8 Å². The van der Waals surface area contributed by atoms with Gasteiger partial charge in [0.2, 0.25) is 5.91 Å². The van der Waals surface area contributed by atoms with E-state index in [9.17, 15) is 9.59 Å². The summed E-state index contributed by atoms with van der Waals surface area (Å²) in [4.78, 5) is 24.0. The summed E-state index contributed by atoms with van der Waals surface area (Å²) in [6, 6.07) is 4.90. The van der Waals surface area contributed by atoms with Gasteiger partial charge in [0.15, 0.2) is 11.5 Å². The van der Waals surface area contributed by atoms with E-state index >= 15 is 0 Å². The maximum Gasteiger partial charge on any atom is 0.326 e. The highest BCUT2D eigenvalue weighted by molar-refractivity contribution is 7.99. The lowest BCUT2D eigenvalue weighted by molar-refractivity contribution is -0.142. The van der Waals surface area contributed by atoms with Crippen LogP contribution in [0.4, 0.5) is 0 Å². The molecule has 1 unspecified atom stereocenters. The monoisotopic (exact) mass is 353 g/mol. The van der Waals surface area contributed by atoms with Crippen LogP contribution in [0.1, 0.15) is 32.6 Å². The van der Waals surface area contributed by atoms with E-state index in [1.807, 2.05) is 25.1 Å². The first-order valence-electron chi connectivity index (χ1n) is 8.14. The minimum Gasteiger partial charge on any atom is -0.486 e. The van der Waals surface area contributed by atoms with E-state index in [2.05, 4.69) is 5.32 Å². The minimum atomic E-state index is -0.976. The number of unbranched alkanes of at least 4 members (excludes halogenated alkanes) is 1. The van der Waals surface area contributed by atoms with Gasteiger partial charge in [-0.1, -0.05) is 19.8 Å². The van der Waals surface area contributed by atoms with Gasteiger partial charge < -0.3 is 19.9 Å². The van der Waals surface area contributed by atoms with Crippen LogP contribution < -0.4 is 14.8 Å². The Balaban J connectivity index is 1.76. The number of hydrogen-bond acceptors (Lipinski definition) is 5. The number of carboxylic acid groups (broad SMARTS) is 1. The molecule has 24 heavy (non-hydrogen) atoms. The Labute approximate surface area is 145 Å². The molecular weight excluding hydrogens is 330 g/mol. The Morgan fingerprint density at radius 1 is 1.29 bits per heavy atom. The zero-order chi connectivity index (χ0) is 17.4. The van der Waals surface area contributed by atoms with Crippen LogP contribution in [0, 0.1) is 0 Å². The number of amides is 1. The SMILES string of the molecule is CCCCC(NC(=O)CCSc1ccc2c(c1)OCCO2)C(=O)O. The zero-order valence-electron chi connectivity index (χ0n) is 13.7. The molecule has 6 nitrogen and oxygen atoms in total. The number of carboxylic acids is 1. The molecule has 7 heteroatoms. The van der Waals surface area contributed by atoms with Gasteiger partial charge in [-0.05, 0) is 24.6 Å². The second-order valence-electron chi connectivity index (χ2n) is 5.50. The Hall–Kier alpha value is -1.89. The number of fused-ring (bicyclic) bond motifs is 1. The fourth-order valence-corrected chi connectivity index (χ4v) is 3.18. The molecule has 1 aliphatic rings. The molecule has 0 spiro atoms. The van der Waals surface area contributed by atoms with Crippen LogP contribution in [0.3, 0.4) is 0 Å². The predicted octanol–water partition coefficient (Wildman–Crippen LogP) is 2.70. The van der Waals surface area contributed by atoms with Crippen molar-refractivity contribution in [2.24, 2.45) is 0 Å². The van der Waals surface area contributed by atoms with Gasteiger partial charge in [-0.15, -0.1) is 11.8 Å². The third kappa shape index (κ3) is 5.63. The van der Waals surface area contributed by atoms with Crippen LogP contribution in [0.2, 0.25) is 0 Å². The van der Waals surface area contributed by atoms with Crippen LogP contribution in [0.25, 0.3) is 0 Å². The van der Waals surface area contributed by atoms with E-state index in [4.69, 9.17) is 14.6 Å². The van der Waals surface area contributed by atoms with Crippen molar-refractivity contribution in [2.45, 2.75) is 43.5 Å². The second-order valence-corrected chi connectivity index (χ2v) is 6.67. The number of ether oxygens (including phenoxy) is 2. The smallest absolute Gasteiger partial charge is 0.326 e. The van der Waals surface area contributed by atoms with Crippen LogP contribution >= 0.6 is 11.8 Å². The zero-order valence-corrected chi connectivity index (χ0v) is 14.6. The molecule has 2 N–H and O–H groups in total. The number of rotatable bonds is 9. The van der Waals surface area contributed by atoms with E-state index < -0.39 is 12.0 Å². The van der Waals surface area contributed by atoms with Gasteiger partial charge in [-0.25, -0.2) is 4.79 Å². The first-order valence-corrected chi connectivity index (χ1v) is 9.13. The van der Waals surface area contributed by atoms with Crippen molar-refractivity contribution in [3.8, 4) is 11.5 Å². The summed E-state index contributed by atoms with van der Waals surface area (Å²) in [5.41, 5.74) is 0. The lowest BCUT2D eigenvalue weighted by Crippen LogP contribution is -2.40. The van der Waals surface area contributed by atoms with Crippen molar-refractivity contribution in [1.29, 1.82) is 0 Å². The number of hydrogen-bond donors (Lipinski definition) is 2. The Morgan fingerprint density at radius 3 is 2.75 bits per heavy atom. The number of thioether (sulfide) groups is 1. The molecule has 0 bridgehead atoms. The maximum atomic E-state index is 11.9. The topological polar surface area (TPSA) is 84.9 Å². The summed E-state index contributed by atoms with van der Waals surface area (Å²) in [6.07, 6.45) is 2.42. The third-order valence-electron chi connectivity index (χ3n) is 3.59. The lowest BCUT2D eigenvalue weighted by atomic mass is 10.1. The van der Waals surface area contributed by atoms with Crippen LogP contribution in [-0.4, -0.2) is 42.0 Å². The lowest BCUT2D eigenvalue weighted by Gasteiger charge is -2.18. The molecule has 132 valence electrons. The largest absolute Gasteiger partial charge is 0.486 e. The van der Waals surface area contributed by atoms with Crippen LogP contribution in [0.5, 0.6) is 11.5 Å². The van der Waals surface area contributed by atoms with E-state index in [1.54, 1.807) is 0 Å². The average Bonchev–Trinajstić information content (AvgIpc) is 2.58. The molecule has 1 amide bonds. The molecule has 0 saturated carbocycles. The normalized spacial score (nSPS) is 14.0. The molecule has 0 radical (unpaired) electrons. The van der Waals surface area contributed by atoms with Gasteiger partial charge in [0.1, 0.15) is 19.3 Å². The summed E-state index contributed by atoms with van der Waals surface area (Å²) < 4.78 is 11.0. The summed E-state index contributed by atoms with van der Waals surface area (Å²) >= 11 is 1.53. The van der Waals surface area contributed by atoms with Crippen molar-refractivity contribution in [1.82, 2.24) is 5.32 Å². The van der Waals surface area contributed by atoms with Crippen LogP contribution in [0.15, 0.2) is 23.1 Å².